The van der Waals surface area contributed by atoms with Crippen LogP contribution in [0.5, 0.6) is 0 Å². The van der Waals surface area contributed by atoms with E-state index in [2.05, 4.69) is 5.32 Å². The fraction of sp³-hybridized carbons (Fsp3) is 0.714. The molecule has 1 amide bonds. The van der Waals surface area contributed by atoms with Gasteiger partial charge >= 0.3 is 0 Å². The number of nitrogens with one attached hydrogen (secondary N) is 1. The van der Waals surface area contributed by atoms with Crippen molar-refractivity contribution < 1.29 is 9.59 Å². The smallest absolute Gasteiger partial charge is 0.221 e. The van der Waals surface area contributed by atoms with Crippen molar-refractivity contribution in [2.24, 2.45) is 0 Å². The maximum atomic E-state index is 10.8. The third-order valence-electron chi connectivity index (χ3n) is 1.07. The van der Waals surface area contributed by atoms with Crippen molar-refractivity contribution >= 4 is 23.5 Å². The minimum absolute atomic E-state index is 0.0116. The van der Waals surface area contributed by atoms with Crippen molar-refractivity contribution in [2.75, 3.05) is 18.6 Å². The van der Waals surface area contributed by atoms with Crippen LogP contribution in [0.15, 0.2) is 0 Å². The van der Waals surface area contributed by atoms with Gasteiger partial charge in [-0.15, -0.1) is 0 Å². The second-order valence-electron chi connectivity index (χ2n) is 2.22. The van der Waals surface area contributed by atoms with Crippen molar-refractivity contribution in [1.82, 2.24) is 5.32 Å². The van der Waals surface area contributed by atoms with Crippen LogP contribution in [0, 0.1) is 0 Å². The normalized spacial score (nSPS) is 9.27. The summed E-state index contributed by atoms with van der Waals surface area (Å²) in [5, 5.41) is 2.52. The van der Waals surface area contributed by atoms with Gasteiger partial charge in [-0.05, 0) is 13.2 Å². The van der Waals surface area contributed by atoms with Crippen molar-refractivity contribution in [3.8, 4) is 0 Å². The molecule has 0 aromatic heterocycles. The first-order chi connectivity index (χ1) is 5.16. The summed E-state index contributed by atoms with van der Waals surface area (Å²) in [6, 6.07) is 0. The van der Waals surface area contributed by atoms with E-state index in [1.54, 1.807) is 11.8 Å². The number of carbonyl (C=O) groups is 2. The van der Waals surface area contributed by atoms with Gasteiger partial charge in [0.25, 0.3) is 0 Å². The van der Waals surface area contributed by atoms with Crippen molar-refractivity contribution in [3.05, 3.63) is 0 Å². The molecule has 64 valence electrons. The van der Waals surface area contributed by atoms with E-state index in [0.29, 0.717) is 6.42 Å². The summed E-state index contributed by atoms with van der Waals surface area (Å²) in [6.45, 7) is 1.61. The number of Topliss-reactive ketones (excluding diaryl/α,β-unsaturated/α-hetero) is 1. The van der Waals surface area contributed by atoms with Crippen molar-refractivity contribution in [1.29, 1.82) is 0 Å². The molecule has 0 saturated heterocycles. The highest BCUT2D eigenvalue weighted by atomic mass is 32.2. The highest BCUT2D eigenvalue weighted by molar-refractivity contribution is 7.98. The van der Waals surface area contributed by atoms with E-state index in [0.717, 1.165) is 5.75 Å². The topological polar surface area (TPSA) is 46.2 Å². The van der Waals surface area contributed by atoms with Gasteiger partial charge in [-0.25, -0.2) is 0 Å². The standard InChI is InChI=1S/C7H13NO2S/c1-6(9)5-8-7(10)3-4-11-2/h3-5H2,1-2H3,(H,8,10). The van der Waals surface area contributed by atoms with Crippen LogP contribution in [0.25, 0.3) is 0 Å². The molecule has 0 radical (unpaired) electrons. The zero-order valence-electron chi connectivity index (χ0n) is 6.85. The molecule has 0 aliphatic rings. The Morgan fingerprint density at radius 3 is 2.55 bits per heavy atom. The summed E-state index contributed by atoms with van der Waals surface area (Å²) in [7, 11) is 0. The van der Waals surface area contributed by atoms with Gasteiger partial charge < -0.3 is 5.32 Å². The fourth-order valence-electron chi connectivity index (χ4n) is 0.506. The molecular formula is C7H13NO2S. The number of rotatable bonds is 5. The predicted molar refractivity (Wildman–Crippen MR) is 46.7 cm³/mol. The lowest BCUT2D eigenvalue weighted by Gasteiger charge is -2.00. The molecule has 4 heteroatoms. The van der Waals surface area contributed by atoms with Crippen LogP contribution in [-0.2, 0) is 9.59 Å². The monoisotopic (exact) mass is 175 g/mol. The maximum absolute atomic E-state index is 10.8. The number of carbonyl (C=O) groups excluding carboxylic acids is 2. The summed E-state index contributed by atoms with van der Waals surface area (Å²) in [5.74, 6) is 0.751. The fourth-order valence-corrected chi connectivity index (χ4v) is 0.896. The van der Waals surface area contributed by atoms with Crippen LogP contribution < -0.4 is 5.32 Å². The number of thioether (sulfide) groups is 1. The van der Waals surface area contributed by atoms with Crippen LogP contribution in [0.1, 0.15) is 13.3 Å². The van der Waals surface area contributed by atoms with E-state index < -0.39 is 0 Å². The first-order valence-electron chi connectivity index (χ1n) is 3.42. The Bertz CT molecular complexity index is 147. The Kier molecular flexibility index (Phi) is 5.93. The van der Waals surface area contributed by atoms with Crippen LogP contribution in [-0.4, -0.2) is 30.2 Å². The zero-order valence-corrected chi connectivity index (χ0v) is 7.66. The second-order valence-corrected chi connectivity index (χ2v) is 3.21. The molecule has 0 aliphatic carbocycles. The molecular weight excluding hydrogens is 162 g/mol. The van der Waals surface area contributed by atoms with E-state index in [4.69, 9.17) is 0 Å². The molecule has 0 aromatic rings. The van der Waals surface area contributed by atoms with E-state index in [1.807, 2.05) is 6.26 Å². The Labute approximate surface area is 70.9 Å². The van der Waals surface area contributed by atoms with Gasteiger partial charge in [0.15, 0.2) is 0 Å². The number of amides is 1. The summed E-state index contributed by atoms with van der Waals surface area (Å²) in [4.78, 5) is 21.2. The average molecular weight is 175 g/mol. The van der Waals surface area contributed by atoms with Crippen LogP contribution in [0.3, 0.4) is 0 Å². The van der Waals surface area contributed by atoms with Gasteiger partial charge in [0.1, 0.15) is 5.78 Å². The minimum Gasteiger partial charge on any atom is -0.349 e. The first kappa shape index (κ1) is 10.5. The Hall–Kier alpha value is -0.510. The highest BCUT2D eigenvalue weighted by Crippen LogP contribution is 1.94. The van der Waals surface area contributed by atoms with E-state index >= 15 is 0 Å². The molecule has 11 heavy (non-hydrogen) atoms. The molecule has 0 aromatic carbocycles. The van der Waals surface area contributed by atoms with Crippen molar-refractivity contribution in [3.63, 3.8) is 0 Å². The second kappa shape index (κ2) is 6.22. The Balaban J connectivity index is 3.30. The zero-order chi connectivity index (χ0) is 8.69. The van der Waals surface area contributed by atoms with E-state index in [9.17, 15) is 9.59 Å². The number of ketones is 1. The van der Waals surface area contributed by atoms with Crippen LogP contribution in [0.4, 0.5) is 0 Å². The molecule has 0 rings (SSSR count). The lowest BCUT2D eigenvalue weighted by Crippen LogP contribution is -2.28. The summed E-state index contributed by atoms with van der Waals surface area (Å²) < 4.78 is 0. The molecule has 1 N–H and O–H groups in total. The Morgan fingerprint density at radius 2 is 2.09 bits per heavy atom. The summed E-state index contributed by atoms with van der Waals surface area (Å²) >= 11 is 1.62. The van der Waals surface area contributed by atoms with Gasteiger partial charge in [0.2, 0.25) is 5.91 Å². The Morgan fingerprint density at radius 1 is 1.45 bits per heavy atom. The molecule has 0 fully saturated rings. The third-order valence-corrected chi connectivity index (χ3v) is 1.68. The van der Waals surface area contributed by atoms with Gasteiger partial charge in [-0.3, -0.25) is 9.59 Å². The third kappa shape index (κ3) is 7.39. The van der Waals surface area contributed by atoms with Crippen LogP contribution >= 0.6 is 11.8 Å². The lowest BCUT2D eigenvalue weighted by molar-refractivity contribution is -0.124. The summed E-state index contributed by atoms with van der Waals surface area (Å²) in [6.07, 6.45) is 2.44. The van der Waals surface area contributed by atoms with Gasteiger partial charge in [-0.1, -0.05) is 0 Å². The first-order valence-corrected chi connectivity index (χ1v) is 4.81. The average Bonchev–Trinajstić information content (AvgIpc) is 1.97. The number of hydrogen-bond donors (Lipinski definition) is 1. The molecule has 0 atom stereocenters. The number of hydrogen-bond acceptors (Lipinski definition) is 3. The highest BCUT2D eigenvalue weighted by Gasteiger charge is 2.00. The van der Waals surface area contributed by atoms with E-state index in [-0.39, 0.29) is 18.2 Å². The molecule has 0 aliphatic heterocycles. The molecule has 0 spiro atoms. The van der Waals surface area contributed by atoms with Crippen LogP contribution in [0.2, 0.25) is 0 Å². The molecule has 0 heterocycles. The minimum atomic E-state index is -0.0467. The van der Waals surface area contributed by atoms with Crippen molar-refractivity contribution in [2.45, 2.75) is 13.3 Å². The summed E-state index contributed by atoms with van der Waals surface area (Å²) in [5.41, 5.74) is 0. The quantitative estimate of drug-likeness (QED) is 0.659. The largest absolute Gasteiger partial charge is 0.349 e. The molecule has 3 nitrogen and oxygen atoms in total. The SMILES string of the molecule is CSCCC(=O)NCC(C)=O. The maximum Gasteiger partial charge on any atom is 0.221 e. The van der Waals surface area contributed by atoms with Gasteiger partial charge in [0, 0.05) is 12.2 Å². The van der Waals surface area contributed by atoms with E-state index in [1.165, 1.54) is 6.92 Å². The lowest BCUT2D eigenvalue weighted by atomic mass is 10.4. The van der Waals surface area contributed by atoms with Gasteiger partial charge in [-0.2, -0.15) is 11.8 Å². The molecule has 0 bridgehead atoms. The molecule has 0 unspecified atom stereocenters. The molecule has 0 saturated carbocycles. The van der Waals surface area contributed by atoms with Gasteiger partial charge in [0.05, 0.1) is 6.54 Å². The predicted octanol–water partition coefficient (Wildman–Crippen LogP) is 0.445.